The second-order valence-corrected chi connectivity index (χ2v) is 8.70. The average molecular weight is 448 g/mol. The predicted octanol–water partition coefficient (Wildman–Crippen LogP) is 3.25. The number of aryl methyl sites for hydroxylation is 1. The van der Waals surface area contributed by atoms with Crippen LogP contribution in [0.25, 0.3) is 11.0 Å². The maximum absolute atomic E-state index is 12.8. The van der Waals surface area contributed by atoms with E-state index in [0.29, 0.717) is 37.1 Å². The summed E-state index contributed by atoms with van der Waals surface area (Å²) in [6.45, 7) is 3.38. The zero-order valence-corrected chi connectivity index (χ0v) is 18.7. The molecule has 0 saturated heterocycles. The zero-order chi connectivity index (χ0) is 22.3. The lowest BCUT2D eigenvalue weighted by Gasteiger charge is -2.08. The molecule has 0 unspecified atom stereocenters. The number of nitrogens with zero attached hydrogens (tertiary/aromatic N) is 4. The molecular formula is C24H25N5O2S. The molecule has 8 heteroatoms. The van der Waals surface area contributed by atoms with E-state index < -0.39 is 0 Å². The Labute approximate surface area is 190 Å². The van der Waals surface area contributed by atoms with E-state index >= 15 is 0 Å². The van der Waals surface area contributed by atoms with Gasteiger partial charge in [0.05, 0.1) is 19.3 Å². The summed E-state index contributed by atoms with van der Waals surface area (Å²) in [4.78, 5) is 30.5. The summed E-state index contributed by atoms with van der Waals surface area (Å²) in [7, 11) is 0. The molecule has 2 heterocycles. The maximum atomic E-state index is 12.8. The molecule has 0 aliphatic heterocycles. The first-order valence-corrected chi connectivity index (χ1v) is 11.5. The van der Waals surface area contributed by atoms with Crippen molar-refractivity contribution >= 4 is 28.7 Å². The van der Waals surface area contributed by atoms with Gasteiger partial charge in [-0.2, -0.15) is 5.10 Å². The second kappa shape index (κ2) is 10.3. The minimum Gasteiger partial charge on any atom is -0.354 e. The molecule has 4 aromatic rings. The molecule has 0 fully saturated rings. The second-order valence-electron chi connectivity index (χ2n) is 7.53. The third kappa shape index (κ3) is 5.45. The first-order chi connectivity index (χ1) is 15.6. The number of hydrogen-bond acceptors (Lipinski definition) is 5. The van der Waals surface area contributed by atoms with Crippen LogP contribution in [0, 0.1) is 6.92 Å². The summed E-state index contributed by atoms with van der Waals surface area (Å²) in [5.41, 5.74) is 2.63. The first-order valence-electron chi connectivity index (χ1n) is 10.5. The van der Waals surface area contributed by atoms with E-state index in [9.17, 15) is 9.59 Å². The summed E-state index contributed by atoms with van der Waals surface area (Å²) in [5, 5.41) is 7.69. The van der Waals surface area contributed by atoms with Crippen LogP contribution >= 0.6 is 11.8 Å². The number of benzene rings is 2. The van der Waals surface area contributed by atoms with Crippen molar-refractivity contribution in [1.29, 1.82) is 0 Å². The van der Waals surface area contributed by atoms with Gasteiger partial charge in [0.1, 0.15) is 11.7 Å². The van der Waals surface area contributed by atoms with E-state index in [1.54, 1.807) is 33.5 Å². The summed E-state index contributed by atoms with van der Waals surface area (Å²) < 4.78 is 3.25. The summed E-state index contributed by atoms with van der Waals surface area (Å²) >= 11 is 1.66. The van der Waals surface area contributed by atoms with Crippen molar-refractivity contribution < 1.29 is 4.79 Å². The van der Waals surface area contributed by atoms with Crippen LogP contribution in [0.3, 0.4) is 0 Å². The molecule has 0 spiro atoms. The standard InChI is InChI=1S/C24H25N5O2S/c1-18-7-9-19(10-8-18)16-28-17-26-23-21(24(28)31)15-27-29(23)13-12-25-22(30)11-14-32-20-5-3-2-4-6-20/h2-10,15,17H,11-14,16H2,1H3,(H,25,30). The Hall–Kier alpha value is -3.39. The van der Waals surface area contributed by atoms with Crippen LogP contribution in [0.2, 0.25) is 0 Å². The molecule has 4 rings (SSSR count). The molecule has 0 aliphatic carbocycles. The Morgan fingerprint density at radius 2 is 1.88 bits per heavy atom. The van der Waals surface area contributed by atoms with Crippen molar-refractivity contribution in [3.05, 3.63) is 88.6 Å². The van der Waals surface area contributed by atoms with E-state index in [4.69, 9.17) is 0 Å². The molecular weight excluding hydrogens is 422 g/mol. The van der Waals surface area contributed by atoms with E-state index in [0.717, 1.165) is 16.2 Å². The van der Waals surface area contributed by atoms with Crippen LogP contribution in [-0.4, -0.2) is 37.5 Å². The van der Waals surface area contributed by atoms with Crippen molar-refractivity contribution in [2.24, 2.45) is 0 Å². The van der Waals surface area contributed by atoms with Gasteiger partial charge in [-0.15, -0.1) is 11.8 Å². The Balaban J connectivity index is 1.31. The molecule has 2 aromatic heterocycles. The highest BCUT2D eigenvalue weighted by molar-refractivity contribution is 7.99. The number of fused-ring (bicyclic) bond motifs is 1. The van der Waals surface area contributed by atoms with Gasteiger partial charge in [0, 0.05) is 23.6 Å². The van der Waals surface area contributed by atoms with Crippen molar-refractivity contribution in [2.75, 3.05) is 12.3 Å². The highest BCUT2D eigenvalue weighted by atomic mass is 32.2. The van der Waals surface area contributed by atoms with E-state index in [1.807, 2.05) is 61.5 Å². The maximum Gasteiger partial charge on any atom is 0.264 e. The van der Waals surface area contributed by atoms with Crippen LogP contribution in [0.15, 0.2) is 76.8 Å². The Kier molecular flexibility index (Phi) is 7.01. The smallest absolute Gasteiger partial charge is 0.264 e. The summed E-state index contributed by atoms with van der Waals surface area (Å²) in [6, 6.07) is 18.1. The van der Waals surface area contributed by atoms with Crippen LogP contribution in [0.4, 0.5) is 0 Å². The Morgan fingerprint density at radius 1 is 1.09 bits per heavy atom. The van der Waals surface area contributed by atoms with Crippen LogP contribution < -0.4 is 10.9 Å². The predicted molar refractivity (Wildman–Crippen MR) is 127 cm³/mol. The van der Waals surface area contributed by atoms with Gasteiger partial charge in [0.15, 0.2) is 5.65 Å². The monoisotopic (exact) mass is 447 g/mol. The normalized spacial score (nSPS) is 11.0. The van der Waals surface area contributed by atoms with E-state index in [-0.39, 0.29) is 11.5 Å². The van der Waals surface area contributed by atoms with Gasteiger partial charge >= 0.3 is 0 Å². The van der Waals surface area contributed by atoms with Gasteiger partial charge < -0.3 is 5.32 Å². The molecule has 1 amide bonds. The lowest BCUT2D eigenvalue weighted by atomic mass is 10.1. The first kappa shape index (κ1) is 21.8. The van der Waals surface area contributed by atoms with Crippen LogP contribution in [0.1, 0.15) is 17.5 Å². The fourth-order valence-corrected chi connectivity index (χ4v) is 4.20. The van der Waals surface area contributed by atoms with Crippen LogP contribution in [0.5, 0.6) is 0 Å². The molecule has 0 atom stereocenters. The molecule has 164 valence electrons. The fourth-order valence-electron chi connectivity index (χ4n) is 3.33. The number of rotatable bonds is 9. The lowest BCUT2D eigenvalue weighted by molar-refractivity contribution is -0.120. The van der Waals surface area contributed by atoms with Gasteiger partial charge in [0.25, 0.3) is 5.56 Å². The number of thioether (sulfide) groups is 1. The van der Waals surface area contributed by atoms with Crippen molar-refractivity contribution in [3.63, 3.8) is 0 Å². The minimum atomic E-state index is -0.121. The molecule has 0 radical (unpaired) electrons. The van der Waals surface area contributed by atoms with E-state index in [2.05, 4.69) is 15.4 Å². The molecule has 0 saturated carbocycles. The van der Waals surface area contributed by atoms with Gasteiger partial charge in [0.2, 0.25) is 5.91 Å². The highest BCUT2D eigenvalue weighted by Crippen LogP contribution is 2.17. The number of carbonyl (C=O) groups excluding carboxylic acids is 1. The van der Waals surface area contributed by atoms with Crippen molar-refractivity contribution in [2.45, 2.75) is 31.3 Å². The number of amides is 1. The fraction of sp³-hybridized carbons (Fsp3) is 0.250. The Bertz CT molecular complexity index is 1250. The molecule has 0 bridgehead atoms. The molecule has 32 heavy (non-hydrogen) atoms. The van der Waals surface area contributed by atoms with Crippen LogP contribution in [-0.2, 0) is 17.9 Å². The zero-order valence-electron chi connectivity index (χ0n) is 17.9. The minimum absolute atomic E-state index is 0.00157. The largest absolute Gasteiger partial charge is 0.354 e. The van der Waals surface area contributed by atoms with Gasteiger partial charge in [-0.1, -0.05) is 48.0 Å². The number of hydrogen-bond donors (Lipinski definition) is 1. The molecule has 1 N–H and O–H groups in total. The van der Waals surface area contributed by atoms with E-state index in [1.165, 1.54) is 5.56 Å². The molecule has 0 aliphatic rings. The van der Waals surface area contributed by atoms with Gasteiger partial charge in [-0.25, -0.2) is 9.67 Å². The SMILES string of the molecule is Cc1ccc(Cn2cnc3c(cnn3CCNC(=O)CCSc3ccccc3)c2=O)cc1. The highest BCUT2D eigenvalue weighted by Gasteiger charge is 2.11. The van der Waals surface area contributed by atoms with Gasteiger partial charge in [-0.05, 0) is 24.6 Å². The Morgan fingerprint density at radius 3 is 2.66 bits per heavy atom. The molecule has 7 nitrogen and oxygen atoms in total. The van der Waals surface area contributed by atoms with Crippen molar-refractivity contribution in [1.82, 2.24) is 24.6 Å². The number of carbonyl (C=O) groups is 1. The summed E-state index contributed by atoms with van der Waals surface area (Å²) in [5.74, 6) is 0.723. The molecule has 2 aromatic carbocycles. The summed E-state index contributed by atoms with van der Waals surface area (Å²) in [6.07, 6.45) is 3.55. The quantitative estimate of drug-likeness (QED) is 0.398. The number of aromatic nitrogens is 4. The third-order valence-corrected chi connectivity index (χ3v) is 6.10. The lowest BCUT2D eigenvalue weighted by Crippen LogP contribution is -2.28. The average Bonchev–Trinajstić information content (AvgIpc) is 3.22. The topological polar surface area (TPSA) is 81.8 Å². The van der Waals surface area contributed by atoms with Crippen molar-refractivity contribution in [3.8, 4) is 0 Å². The van der Waals surface area contributed by atoms with Gasteiger partial charge in [-0.3, -0.25) is 14.2 Å². The number of nitrogens with one attached hydrogen (secondary N) is 1. The third-order valence-electron chi connectivity index (χ3n) is 5.08.